The van der Waals surface area contributed by atoms with Crippen LogP contribution in [0.1, 0.15) is 60.3 Å². The normalized spacial score (nSPS) is 26.4. The summed E-state index contributed by atoms with van der Waals surface area (Å²) in [5, 5.41) is 3.84. The summed E-state index contributed by atoms with van der Waals surface area (Å²) < 4.78 is 5.32. The quantitative estimate of drug-likeness (QED) is 0.740. The van der Waals surface area contributed by atoms with Crippen molar-refractivity contribution in [2.75, 3.05) is 26.8 Å². The fraction of sp³-hybridized carbons (Fsp3) is 1.00. The first-order chi connectivity index (χ1) is 9.44. The molecule has 120 valence electrons. The van der Waals surface area contributed by atoms with E-state index >= 15 is 0 Å². The van der Waals surface area contributed by atoms with Gasteiger partial charge in [-0.1, -0.05) is 27.2 Å². The third-order valence-corrected chi connectivity index (χ3v) is 4.80. The van der Waals surface area contributed by atoms with Crippen molar-refractivity contribution in [2.24, 2.45) is 5.41 Å². The molecular formula is C17H36N2O. The van der Waals surface area contributed by atoms with Crippen molar-refractivity contribution in [3.05, 3.63) is 0 Å². The highest BCUT2D eigenvalue weighted by Crippen LogP contribution is 2.38. The second-order valence-electron chi connectivity index (χ2n) is 7.20. The van der Waals surface area contributed by atoms with Gasteiger partial charge in [0.2, 0.25) is 0 Å². The predicted octanol–water partition coefficient (Wildman–Crippen LogP) is 3.29. The van der Waals surface area contributed by atoms with E-state index in [0.717, 1.165) is 19.7 Å². The number of hydrogen-bond donors (Lipinski definition) is 1. The first kappa shape index (κ1) is 17.9. The molecule has 1 rings (SSSR count). The summed E-state index contributed by atoms with van der Waals surface area (Å²) in [7, 11) is 1.80. The molecule has 0 heterocycles. The first-order valence-electron chi connectivity index (χ1n) is 8.42. The zero-order valence-corrected chi connectivity index (χ0v) is 14.5. The third-order valence-electron chi connectivity index (χ3n) is 4.80. The Morgan fingerprint density at radius 2 is 2.05 bits per heavy atom. The molecule has 1 N–H and O–H groups in total. The van der Waals surface area contributed by atoms with Crippen LogP contribution in [0.5, 0.6) is 0 Å². The van der Waals surface area contributed by atoms with E-state index in [1.165, 1.54) is 25.7 Å². The lowest BCUT2D eigenvalue weighted by molar-refractivity contribution is 0.0164. The number of methoxy groups -OCH3 is 1. The highest BCUT2D eigenvalue weighted by Gasteiger charge is 2.41. The van der Waals surface area contributed by atoms with Crippen LogP contribution in [-0.4, -0.2) is 49.8 Å². The molecule has 0 saturated heterocycles. The van der Waals surface area contributed by atoms with E-state index in [4.69, 9.17) is 4.74 Å². The third kappa shape index (κ3) is 4.71. The van der Waals surface area contributed by atoms with Crippen LogP contribution in [0.4, 0.5) is 0 Å². The van der Waals surface area contributed by atoms with Crippen molar-refractivity contribution in [1.29, 1.82) is 0 Å². The van der Waals surface area contributed by atoms with Crippen molar-refractivity contribution in [1.82, 2.24) is 10.2 Å². The van der Waals surface area contributed by atoms with Crippen molar-refractivity contribution >= 4 is 0 Å². The number of nitrogens with zero attached hydrogens (tertiary/aromatic N) is 1. The number of rotatable bonds is 8. The maximum absolute atomic E-state index is 5.32. The summed E-state index contributed by atoms with van der Waals surface area (Å²) in [6.07, 6.45) is 5.20. The van der Waals surface area contributed by atoms with Gasteiger partial charge in [0.15, 0.2) is 0 Å². The van der Waals surface area contributed by atoms with E-state index in [-0.39, 0.29) is 0 Å². The molecule has 0 bridgehead atoms. The van der Waals surface area contributed by atoms with Gasteiger partial charge in [-0.15, -0.1) is 0 Å². The molecule has 3 heteroatoms. The second-order valence-corrected chi connectivity index (χ2v) is 7.20. The number of ether oxygens (including phenoxy) is 1. The molecule has 2 atom stereocenters. The number of hydrogen-bond acceptors (Lipinski definition) is 3. The SMILES string of the molecule is CCCNC1C(N(CCOC)C(C)C)CCCC1(C)C. The van der Waals surface area contributed by atoms with Gasteiger partial charge in [0.25, 0.3) is 0 Å². The molecule has 0 spiro atoms. The first-order valence-corrected chi connectivity index (χ1v) is 8.42. The molecule has 0 aromatic heterocycles. The van der Waals surface area contributed by atoms with Crippen LogP contribution in [-0.2, 0) is 4.74 Å². The summed E-state index contributed by atoms with van der Waals surface area (Å²) >= 11 is 0. The van der Waals surface area contributed by atoms with Gasteiger partial charge < -0.3 is 10.1 Å². The molecule has 20 heavy (non-hydrogen) atoms. The van der Waals surface area contributed by atoms with Gasteiger partial charge in [-0.25, -0.2) is 0 Å². The smallest absolute Gasteiger partial charge is 0.0589 e. The minimum Gasteiger partial charge on any atom is -0.383 e. The Balaban J connectivity index is 2.83. The minimum absolute atomic E-state index is 0.387. The van der Waals surface area contributed by atoms with Gasteiger partial charge in [-0.05, 0) is 45.1 Å². The van der Waals surface area contributed by atoms with Gasteiger partial charge in [-0.2, -0.15) is 0 Å². The average Bonchev–Trinajstić information content (AvgIpc) is 2.37. The van der Waals surface area contributed by atoms with Crippen LogP contribution in [0.15, 0.2) is 0 Å². The molecular weight excluding hydrogens is 248 g/mol. The second kappa shape index (κ2) is 8.35. The molecule has 1 aliphatic carbocycles. The molecule has 0 aromatic carbocycles. The Morgan fingerprint density at radius 3 is 2.60 bits per heavy atom. The van der Waals surface area contributed by atoms with E-state index in [0.29, 0.717) is 23.5 Å². The van der Waals surface area contributed by atoms with Crippen LogP contribution in [0, 0.1) is 5.41 Å². The minimum atomic E-state index is 0.387. The van der Waals surface area contributed by atoms with E-state index in [2.05, 4.69) is 44.8 Å². The standard InChI is InChI=1S/C17H36N2O/c1-7-11-18-16-15(9-8-10-17(16,4)5)19(14(2)3)12-13-20-6/h14-16,18H,7-13H2,1-6H3. The summed E-state index contributed by atoms with van der Waals surface area (Å²) in [6, 6.07) is 1.81. The zero-order chi connectivity index (χ0) is 15.2. The van der Waals surface area contributed by atoms with Crippen molar-refractivity contribution in [2.45, 2.75) is 78.4 Å². The summed E-state index contributed by atoms with van der Waals surface area (Å²) in [6.45, 7) is 14.7. The maximum atomic E-state index is 5.32. The van der Waals surface area contributed by atoms with Gasteiger partial charge in [0.05, 0.1) is 6.61 Å². The Morgan fingerprint density at radius 1 is 1.35 bits per heavy atom. The Kier molecular flexibility index (Phi) is 7.49. The Labute approximate surface area is 126 Å². The molecule has 0 radical (unpaired) electrons. The molecule has 0 amide bonds. The largest absolute Gasteiger partial charge is 0.383 e. The molecule has 0 aromatic rings. The fourth-order valence-electron chi connectivity index (χ4n) is 3.68. The Hall–Kier alpha value is -0.120. The summed E-state index contributed by atoms with van der Waals surface area (Å²) in [5.41, 5.74) is 0.387. The zero-order valence-electron chi connectivity index (χ0n) is 14.5. The van der Waals surface area contributed by atoms with Crippen LogP contribution in [0.25, 0.3) is 0 Å². The molecule has 2 unspecified atom stereocenters. The lowest BCUT2D eigenvalue weighted by atomic mass is 9.70. The lowest BCUT2D eigenvalue weighted by Gasteiger charge is -2.50. The van der Waals surface area contributed by atoms with Crippen molar-refractivity contribution in [3.8, 4) is 0 Å². The molecule has 1 saturated carbocycles. The summed E-state index contributed by atoms with van der Waals surface area (Å²) in [4.78, 5) is 2.65. The Bertz CT molecular complexity index is 266. The lowest BCUT2D eigenvalue weighted by Crippen LogP contribution is -2.60. The molecule has 1 aliphatic rings. The van der Waals surface area contributed by atoms with E-state index in [9.17, 15) is 0 Å². The molecule has 3 nitrogen and oxygen atoms in total. The highest BCUT2D eigenvalue weighted by atomic mass is 16.5. The highest BCUT2D eigenvalue weighted by molar-refractivity contribution is 4.98. The fourth-order valence-corrected chi connectivity index (χ4v) is 3.68. The van der Waals surface area contributed by atoms with E-state index < -0.39 is 0 Å². The van der Waals surface area contributed by atoms with Crippen molar-refractivity contribution < 1.29 is 4.74 Å². The van der Waals surface area contributed by atoms with Gasteiger partial charge in [0.1, 0.15) is 0 Å². The molecule has 1 fully saturated rings. The predicted molar refractivity (Wildman–Crippen MR) is 87.2 cm³/mol. The monoisotopic (exact) mass is 284 g/mol. The maximum Gasteiger partial charge on any atom is 0.0589 e. The average molecular weight is 284 g/mol. The van der Waals surface area contributed by atoms with Gasteiger partial charge in [0, 0.05) is 31.8 Å². The van der Waals surface area contributed by atoms with Crippen LogP contribution >= 0.6 is 0 Å². The van der Waals surface area contributed by atoms with Crippen LogP contribution in [0.3, 0.4) is 0 Å². The topological polar surface area (TPSA) is 24.5 Å². The summed E-state index contributed by atoms with van der Waals surface area (Å²) in [5.74, 6) is 0. The van der Waals surface area contributed by atoms with Crippen LogP contribution in [0.2, 0.25) is 0 Å². The van der Waals surface area contributed by atoms with E-state index in [1.54, 1.807) is 7.11 Å². The van der Waals surface area contributed by atoms with E-state index in [1.807, 2.05) is 0 Å². The van der Waals surface area contributed by atoms with Gasteiger partial charge >= 0.3 is 0 Å². The van der Waals surface area contributed by atoms with Crippen molar-refractivity contribution in [3.63, 3.8) is 0 Å². The van der Waals surface area contributed by atoms with Gasteiger partial charge in [-0.3, -0.25) is 4.90 Å². The number of nitrogens with one attached hydrogen (secondary N) is 1. The molecule has 0 aliphatic heterocycles. The van der Waals surface area contributed by atoms with Crippen LogP contribution < -0.4 is 5.32 Å².